The van der Waals surface area contributed by atoms with Crippen LogP contribution in [0.2, 0.25) is 0 Å². The predicted octanol–water partition coefficient (Wildman–Crippen LogP) is 8.90. The Morgan fingerprint density at radius 1 is 1.23 bits per heavy atom. The van der Waals surface area contributed by atoms with Crippen molar-refractivity contribution in [3.8, 4) is 11.8 Å². The van der Waals surface area contributed by atoms with Crippen LogP contribution in [0.3, 0.4) is 0 Å². The highest BCUT2D eigenvalue weighted by Gasteiger charge is 2.50. The van der Waals surface area contributed by atoms with Crippen LogP contribution in [0, 0.1) is 46.3 Å². The van der Waals surface area contributed by atoms with Gasteiger partial charge in [0.05, 0.1) is 0 Å². The average Bonchev–Trinajstić information content (AvgIpc) is 3.00. The molecule has 0 aromatic heterocycles. The molecule has 0 aliphatic heterocycles. The zero-order valence-electron chi connectivity index (χ0n) is 21.0. The van der Waals surface area contributed by atoms with E-state index in [4.69, 9.17) is 0 Å². The van der Waals surface area contributed by atoms with E-state index in [1.165, 1.54) is 67.2 Å². The van der Waals surface area contributed by atoms with Crippen molar-refractivity contribution in [2.75, 3.05) is 0 Å². The van der Waals surface area contributed by atoms with Crippen molar-refractivity contribution in [3.63, 3.8) is 0 Å². The molecule has 0 aromatic carbocycles. The molecular formula is C30H46. The maximum absolute atomic E-state index is 4.25. The van der Waals surface area contributed by atoms with Gasteiger partial charge in [0, 0.05) is 11.1 Å². The minimum absolute atomic E-state index is 0.456. The molecule has 0 saturated heterocycles. The van der Waals surface area contributed by atoms with Gasteiger partial charge in [-0.15, -0.1) is 0 Å². The van der Waals surface area contributed by atoms with Gasteiger partial charge in [0.1, 0.15) is 0 Å². The largest absolute Gasteiger partial charge is 0.0993 e. The summed E-state index contributed by atoms with van der Waals surface area (Å²) in [5, 5.41) is 0. The molecule has 0 amide bonds. The summed E-state index contributed by atoms with van der Waals surface area (Å²) in [6.07, 6.45) is 14.0. The fourth-order valence-electron chi connectivity index (χ4n) is 6.60. The van der Waals surface area contributed by atoms with Gasteiger partial charge in [-0.1, -0.05) is 90.0 Å². The number of fused-ring (bicyclic) bond motifs is 1. The molecule has 0 heterocycles. The van der Waals surface area contributed by atoms with E-state index in [9.17, 15) is 0 Å². The molecule has 0 nitrogen and oxygen atoms in total. The lowest BCUT2D eigenvalue weighted by molar-refractivity contribution is 0.107. The monoisotopic (exact) mass is 406 g/mol. The van der Waals surface area contributed by atoms with Crippen LogP contribution in [-0.2, 0) is 0 Å². The van der Waals surface area contributed by atoms with Crippen LogP contribution in [0.25, 0.3) is 0 Å². The second-order valence-electron chi connectivity index (χ2n) is 12.3. The molecule has 3 aliphatic carbocycles. The lowest BCUT2D eigenvalue weighted by Gasteiger charge is -2.42. The number of rotatable bonds is 4. The highest BCUT2D eigenvalue weighted by Crippen LogP contribution is 2.58. The topological polar surface area (TPSA) is 0 Å². The molecule has 3 aliphatic rings. The van der Waals surface area contributed by atoms with Gasteiger partial charge in [0.25, 0.3) is 0 Å². The van der Waals surface area contributed by atoms with Crippen molar-refractivity contribution < 1.29 is 0 Å². The van der Waals surface area contributed by atoms with Gasteiger partial charge in [0.15, 0.2) is 0 Å². The van der Waals surface area contributed by atoms with Crippen molar-refractivity contribution in [2.45, 2.75) is 106 Å². The van der Waals surface area contributed by atoms with Crippen LogP contribution >= 0.6 is 0 Å². The van der Waals surface area contributed by atoms with Crippen LogP contribution in [0.15, 0.2) is 34.9 Å². The van der Waals surface area contributed by atoms with Crippen LogP contribution in [0.1, 0.15) is 106 Å². The third-order valence-corrected chi connectivity index (χ3v) is 8.68. The first kappa shape index (κ1) is 23.4. The van der Waals surface area contributed by atoms with Gasteiger partial charge in [-0.25, -0.2) is 0 Å². The lowest BCUT2D eigenvalue weighted by atomic mass is 9.62. The third-order valence-electron chi connectivity index (χ3n) is 8.68. The highest BCUT2D eigenvalue weighted by molar-refractivity contribution is 5.45. The maximum atomic E-state index is 4.25. The molecule has 0 aromatic rings. The molecule has 2 unspecified atom stereocenters. The van der Waals surface area contributed by atoms with E-state index in [1.807, 2.05) is 0 Å². The molecule has 0 heteroatoms. The Balaban J connectivity index is 1.70. The van der Waals surface area contributed by atoms with Crippen molar-refractivity contribution >= 4 is 0 Å². The minimum Gasteiger partial charge on any atom is -0.0993 e. The van der Waals surface area contributed by atoms with E-state index < -0.39 is 0 Å². The standard InChI is InChI=1S/C30H46/c1-21(11-9-17-29(5,6)7)27-15-16-28-25(12-10-18-30(27,28)8)13-14-26-20-23(3)22(2)19-24(26)4/h12,21,23,27-28H,2,9-11,15-20H2,1,3-8H3/t21-,23+,27?,28?,30+/m0/s1. The van der Waals surface area contributed by atoms with E-state index >= 15 is 0 Å². The Kier molecular flexibility index (Phi) is 7.11. The third kappa shape index (κ3) is 5.15. The van der Waals surface area contributed by atoms with Gasteiger partial charge >= 0.3 is 0 Å². The fraction of sp³-hybridized carbons (Fsp3) is 0.733. The molecule has 0 radical (unpaired) electrons. The Bertz CT molecular complexity index is 771. The van der Waals surface area contributed by atoms with Crippen molar-refractivity contribution in [3.05, 3.63) is 34.9 Å². The van der Waals surface area contributed by atoms with Crippen molar-refractivity contribution in [1.29, 1.82) is 0 Å². The molecule has 166 valence electrons. The van der Waals surface area contributed by atoms with Crippen molar-refractivity contribution in [1.82, 2.24) is 0 Å². The lowest BCUT2D eigenvalue weighted by Crippen LogP contribution is -2.35. The summed E-state index contributed by atoms with van der Waals surface area (Å²) in [6.45, 7) is 21.1. The minimum atomic E-state index is 0.456. The summed E-state index contributed by atoms with van der Waals surface area (Å²) in [6, 6.07) is 0. The van der Waals surface area contributed by atoms with Crippen LogP contribution in [0.4, 0.5) is 0 Å². The van der Waals surface area contributed by atoms with Gasteiger partial charge in [-0.2, -0.15) is 0 Å². The van der Waals surface area contributed by atoms with E-state index in [1.54, 1.807) is 0 Å². The van der Waals surface area contributed by atoms with Crippen LogP contribution < -0.4 is 0 Å². The summed E-state index contributed by atoms with van der Waals surface area (Å²) in [4.78, 5) is 0. The zero-order valence-corrected chi connectivity index (χ0v) is 21.0. The number of hydrogen-bond donors (Lipinski definition) is 0. The maximum Gasteiger partial charge on any atom is 0.00222 e. The number of hydrogen-bond acceptors (Lipinski definition) is 0. The normalized spacial score (nSPS) is 33.0. The zero-order chi connectivity index (χ0) is 22.1. The summed E-state index contributed by atoms with van der Waals surface area (Å²) in [5.74, 6) is 10.3. The van der Waals surface area contributed by atoms with Gasteiger partial charge in [-0.3, -0.25) is 0 Å². The molecule has 0 N–H and O–H groups in total. The molecule has 1 fully saturated rings. The molecule has 3 rings (SSSR count). The first-order valence-electron chi connectivity index (χ1n) is 12.6. The quantitative estimate of drug-likeness (QED) is 0.323. The van der Waals surface area contributed by atoms with E-state index in [0.29, 0.717) is 22.7 Å². The Labute approximate surface area is 187 Å². The molecule has 30 heavy (non-hydrogen) atoms. The SMILES string of the molecule is C=C1CC(C)=C(C#CC2=CCC[C@@]3(C)C2CCC3[C@@H](C)CCCC(C)(C)C)C[C@H]1C. The summed E-state index contributed by atoms with van der Waals surface area (Å²) < 4.78 is 0. The molecular weight excluding hydrogens is 360 g/mol. The Morgan fingerprint density at radius 2 is 1.97 bits per heavy atom. The Morgan fingerprint density at radius 3 is 2.67 bits per heavy atom. The first-order valence-corrected chi connectivity index (χ1v) is 12.6. The van der Waals surface area contributed by atoms with E-state index in [0.717, 1.165) is 24.7 Å². The van der Waals surface area contributed by atoms with Crippen LogP contribution in [-0.4, -0.2) is 0 Å². The predicted molar refractivity (Wildman–Crippen MR) is 132 cm³/mol. The second-order valence-corrected chi connectivity index (χ2v) is 12.3. The van der Waals surface area contributed by atoms with Gasteiger partial charge in [-0.05, 0) is 86.4 Å². The molecule has 1 saturated carbocycles. The average molecular weight is 407 g/mol. The molecule has 0 bridgehead atoms. The Hall–Kier alpha value is -1.22. The fourth-order valence-corrected chi connectivity index (χ4v) is 6.60. The van der Waals surface area contributed by atoms with E-state index in [2.05, 4.69) is 73.0 Å². The summed E-state index contributed by atoms with van der Waals surface area (Å²) in [7, 11) is 0. The molecule has 5 atom stereocenters. The summed E-state index contributed by atoms with van der Waals surface area (Å²) in [5.41, 5.74) is 6.59. The summed E-state index contributed by atoms with van der Waals surface area (Å²) >= 11 is 0. The highest BCUT2D eigenvalue weighted by atomic mass is 14.5. The van der Waals surface area contributed by atoms with Crippen molar-refractivity contribution in [2.24, 2.45) is 34.5 Å². The smallest absolute Gasteiger partial charge is 0.00222 e. The second kappa shape index (κ2) is 9.10. The van der Waals surface area contributed by atoms with Crippen LogP contribution in [0.5, 0.6) is 0 Å². The van der Waals surface area contributed by atoms with Gasteiger partial charge < -0.3 is 0 Å². The van der Waals surface area contributed by atoms with E-state index in [-0.39, 0.29) is 0 Å². The van der Waals surface area contributed by atoms with Gasteiger partial charge in [0.2, 0.25) is 0 Å². The molecule has 0 spiro atoms. The first-order chi connectivity index (χ1) is 14.0. The number of allylic oxidation sites excluding steroid dienone is 5.